The topological polar surface area (TPSA) is 24.9 Å². The normalized spacial score (nSPS) is 12.5. The van der Waals surface area contributed by atoms with Crippen molar-refractivity contribution in [3.05, 3.63) is 74.8 Å². The van der Waals surface area contributed by atoms with E-state index in [1.54, 1.807) is 0 Å². The lowest BCUT2D eigenvalue weighted by Gasteiger charge is -2.18. The maximum absolute atomic E-state index is 4.44. The van der Waals surface area contributed by atoms with Crippen LogP contribution in [0.1, 0.15) is 17.2 Å². The molecule has 1 heterocycles. The predicted octanol–water partition coefficient (Wildman–Crippen LogP) is 5.07. The highest BCUT2D eigenvalue weighted by Gasteiger charge is 2.13. The molecule has 1 atom stereocenters. The summed E-state index contributed by atoms with van der Waals surface area (Å²) in [5.41, 5.74) is 3.42. The molecule has 4 heteroatoms. The molecule has 21 heavy (non-hydrogen) atoms. The number of hydrogen-bond acceptors (Lipinski definition) is 2. The second-order valence-corrected chi connectivity index (χ2v) is 6.71. The van der Waals surface area contributed by atoms with Gasteiger partial charge in [0.05, 0.1) is 11.6 Å². The van der Waals surface area contributed by atoms with Crippen molar-refractivity contribution in [1.82, 2.24) is 10.3 Å². The van der Waals surface area contributed by atoms with Gasteiger partial charge in [0, 0.05) is 20.5 Å². The monoisotopic (exact) mass is 404 g/mol. The molecule has 0 aliphatic carbocycles. The number of nitrogens with one attached hydrogen (secondary N) is 1. The second kappa shape index (κ2) is 6.26. The van der Waals surface area contributed by atoms with Crippen LogP contribution in [0.25, 0.3) is 10.9 Å². The molecule has 106 valence electrons. The van der Waals surface area contributed by atoms with Crippen LogP contribution in [0.3, 0.4) is 0 Å². The molecule has 1 unspecified atom stereocenters. The van der Waals surface area contributed by atoms with E-state index in [0.717, 1.165) is 19.8 Å². The fourth-order valence-corrected chi connectivity index (χ4v) is 3.86. The zero-order chi connectivity index (χ0) is 14.8. The first-order valence-electron chi connectivity index (χ1n) is 6.65. The van der Waals surface area contributed by atoms with E-state index in [4.69, 9.17) is 0 Å². The summed E-state index contributed by atoms with van der Waals surface area (Å²) in [5, 5.41) is 4.54. The van der Waals surface area contributed by atoms with E-state index in [1.807, 2.05) is 25.4 Å². The van der Waals surface area contributed by atoms with Gasteiger partial charge >= 0.3 is 0 Å². The Morgan fingerprint density at radius 1 is 0.952 bits per heavy atom. The van der Waals surface area contributed by atoms with Crippen molar-refractivity contribution in [3.8, 4) is 0 Å². The van der Waals surface area contributed by atoms with Gasteiger partial charge in [0.1, 0.15) is 0 Å². The van der Waals surface area contributed by atoms with Crippen LogP contribution in [-0.2, 0) is 0 Å². The summed E-state index contributed by atoms with van der Waals surface area (Å²) in [5.74, 6) is 0. The number of nitrogens with zero attached hydrogens (tertiary/aromatic N) is 1. The van der Waals surface area contributed by atoms with E-state index in [9.17, 15) is 0 Å². The molecule has 0 saturated heterocycles. The summed E-state index contributed by atoms with van der Waals surface area (Å²) in [4.78, 5) is 4.44. The zero-order valence-corrected chi connectivity index (χ0v) is 14.6. The molecular weight excluding hydrogens is 392 g/mol. The first-order chi connectivity index (χ1) is 10.2. The third-order valence-corrected chi connectivity index (χ3v) is 4.39. The third kappa shape index (κ3) is 3.18. The van der Waals surface area contributed by atoms with Gasteiger partial charge in [0.2, 0.25) is 0 Å². The number of benzene rings is 2. The standard InChI is InChI=1S/C17H14Br2N2/c1-20-17(13-7-14(18)10-15(19)8-13)12-5-4-11-3-2-6-21-16(11)9-12/h2-10,17,20H,1H3. The summed E-state index contributed by atoms with van der Waals surface area (Å²) in [7, 11) is 1.97. The van der Waals surface area contributed by atoms with Gasteiger partial charge < -0.3 is 5.32 Å². The zero-order valence-electron chi connectivity index (χ0n) is 11.5. The molecule has 0 saturated carbocycles. The largest absolute Gasteiger partial charge is 0.309 e. The van der Waals surface area contributed by atoms with Crippen molar-refractivity contribution in [3.63, 3.8) is 0 Å². The van der Waals surface area contributed by atoms with Crippen LogP contribution in [0, 0.1) is 0 Å². The number of rotatable bonds is 3. The molecular formula is C17H14Br2N2. The van der Waals surface area contributed by atoms with Gasteiger partial charge in [0.15, 0.2) is 0 Å². The number of fused-ring (bicyclic) bond motifs is 1. The van der Waals surface area contributed by atoms with Crippen LogP contribution in [0.5, 0.6) is 0 Å². The molecule has 1 aromatic heterocycles. The number of halogens is 2. The van der Waals surface area contributed by atoms with Gasteiger partial charge in [-0.3, -0.25) is 4.98 Å². The van der Waals surface area contributed by atoms with Crippen LogP contribution >= 0.6 is 31.9 Å². The minimum Gasteiger partial charge on any atom is -0.309 e. The molecule has 2 aromatic carbocycles. The highest BCUT2D eigenvalue weighted by atomic mass is 79.9. The first-order valence-corrected chi connectivity index (χ1v) is 8.24. The Kier molecular flexibility index (Phi) is 4.38. The first kappa shape index (κ1) is 14.7. The molecule has 0 bridgehead atoms. The Balaban J connectivity index is 2.08. The molecule has 0 fully saturated rings. The lowest BCUT2D eigenvalue weighted by atomic mass is 9.98. The summed E-state index contributed by atoms with van der Waals surface area (Å²) < 4.78 is 2.12. The van der Waals surface area contributed by atoms with Crippen molar-refractivity contribution in [2.24, 2.45) is 0 Å². The molecule has 0 aliphatic heterocycles. The Morgan fingerprint density at radius 2 is 1.71 bits per heavy atom. The van der Waals surface area contributed by atoms with Crippen LogP contribution in [0.15, 0.2) is 63.7 Å². The summed E-state index contributed by atoms with van der Waals surface area (Å²) in [6.07, 6.45) is 1.83. The smallest absolute Gasteiger partial charge is 0.0705 e. The third-order valence-electron chi connectivity index (χ3n) is 3.47. The van der Waals surface area contributed by atoms with Gasteiger partial charge in [-0.2, -0.15) is 0 Å². The fourth-order valence-electron chi connectivity index (χ4n) is 2.53. The maximum atomic E-state index is 4.44. The van der Waals surface area contributed by atoms with Gasteiger partial charge in [-0.25, -0.2) is 0 Å². The van der Waals surface area contributed by atoms with Crippen molar-refractivity contribution >= 4 is 42.8 Å². The molecule has 0 radical (unpaired) electrons. The van der Waals surface area contributed by atoms with E-state index < -0.39 is 0 Å². The van der Waals surface area contributed by atoms with E-state index in [1.165, 1.54) is 11.1 Å². The second-order valence-electron chi connectivity index (χ2n) is 4.88. The number of hydrogen-bond donors (Lipinski definition) is 1. The van der Waals surface area contributed by atoms with Crippen LogP contribution < -0.4 is 5.32 Å². The number of pyridine rings is 1. The van der Waals surface area contributed by atoms with Gasteiger partial charge in [-0.1, -0.05) is 50.1 Å². The molecule has 0 amide bonds. The van der Waals surface area contributed by atoms with Gasteiger partial charge in [0.25, 0.3) is 0 Å². The Morgan fingerprint density at radius 3 is 2.43 bits per heavy atom. The molecule has 1 N–H and O–H groups in total. The quantitative estimate of drug-likeness (QED) is 0.657. The van der Waals surface area contributed by atoms with Crippen molar-refractivity contribution < 1.29 is 0 Å². The van der Waals surface area contributed by atoms with Crippen LogP contribution in [0.4, 0.5) is 0 Å². The highest BCUT2D eigenvalue weighted by molar-refractivity contribution is 9.11. The van der Waals surface area contributed by atoms with Crippen molar-refractivity contribution in [2.45, 2.75) is 6.04 Å². The Labute approximate surface area is 140 Å². The average Bonchev–Trinajstić information content (AvgIpc) is 2.47. The Bertz CT molecular complexity index is 766. The maximum Gasteiger partial charge on any atom is 0.0705 e. The summed E-state index contributed by atoms with van der Waals surface area (Å²) in [6.45, 7) is 0. The van der Waals surface area contributed by atoms with Crippen LogP contribution in [0.2, 0.25) is 0 Å². The molecule has 2 nitrogen and oxygen atoms in total. The SMILES string of the molecule is CNC(c1cc(Br)cc(Br)c1)c1ccc2cccnc2c1. The average molecular weight is 406 g/mol. The fraction of sp³-hybridized carbons (Fsp3) is 0.118. The lowest BCUT2D eigenvalue weighted by Crippen LogP contribution is -2.17. The predicted molar refractivity (Wildman–Crippen MR) is 94.5 cm³/mol. The van der Waals surface area contributed by atoms with E-state index in [2.05, 4.69) is 78.6 Å². The lowest BCUT2D eigenvalue weighted by molar-refractivity contribution is 0.692. The van der Waals surface area contributed by atoms with Crippen molar-refractivity contribution in [2.75, 3.05) is 7.05 Å². The minimum absolute atomic E-state index is 0.130. The molecule has 0 spiro atoms. The number of aromatic nitrogens is 1. The van der Waals surface area contributed by atoms with Crippen molar-refractivity contribution in [1.29, 1.82) is 0 Å². The van der Waals surface area contributed by atoms with Gasteiger partial charge in [-0.15, -0.1) is 0 Å². The minimum atomic E-state index is 0.130. The summed E-state index contributed by atoms with van der Waals surface area (Å²) >= 11 is 7.11. The van der Waals surface area contributed by atoms with E-state index in [-0.39, 0.29) is 6.04 Å². The molecule has 0 aliphatic rings. The summed E-state index contributed by atoms with van der Waals surface area (Å²) in [6, 6.07) is 16.9. The highest BCUT2D eigenvalue weighted by Crippen LogP contribution is 2.29. The van der Waals surface area contributed by atoms with E-state index >= 15 is 0 Å². The molecule has 3 aromatic rings. The van der Waals surface area contributed by atoms with Crippen LogP contribution in [-0.4, -0.2) is 12.0 Å². The van der Waals surface area contributed by atoms with Gasteiger partial charge in [-0.05, 0) is 48.5 Å². The van der Waals surface area contributed by atoms with E-state index in [0.29, 0.717) is 0 Å². The Hall–Kier alpha value is -1.23. The molecule has 3 rings (SSSR count).